The van der Waals surface area contributed by atoms with Gasteiger partial charge in [-0.15, -0.1) is 0 Å². The summed E-state index contributed by atoms with van der Waals surface area (Å²) in [7, 11) is 0. The summed E-state index contributed by atoms with van der Waals surface area (Å²) in [6.45, 7) is 9.21. The fourth-order valence-electron chi connectivity index (χ4n) is 4.03. The number of furan rings is 1. The molecular formula is C22H26O6. The van der Waals surface area contributed by atoms with Crippen LogP contribution in [0.5, 0.6) is 0 Å². The van der Waals surface area contributed by atoms with Crippen molar-refractivity contribution in [3.8, 4) is 0 Å². The van der Waals surface area contributed by atoms with Crippen molar-refractivity contribution in [1.29, 1.82) is 0 Å². The molecule has 0 amide bonds. The molecule has 0 spiro atoms. The molecule has 0 N–H and O–H groups in total. The standard InChI is InChI=1S/C22H26O6/c1-12(2)15-8-20-16(11-23)7-17(27-20)5-13(3)6-18-10-19(22(25)28-18)21(9-15)26-14(4)24/h5,7,11,15,18-19,21H,1,6,8-10H2,2-4H3/b13-5+/t15-,18-,19?,21+/m1/s1. The van der Waals surface area contributed by atoms with Gasteiger partial charge in [-0.2, -0.15) is 0 Å². The molecule has 4 bridgehead atoms. The number of ether oxygens (including phenoxy) is 2. The zero-order valence-corrected chi connectivity index (χ0v) is 16.5. The fraction of sp³-hybridized carbons (Fsp3) is 0.500. The predicted molar refractivity (Wildman–Crippen MR) is 103 cm³/mol. The molecule has 0 aromatic carbocycles. The molecule has 0 radical (unpaired) electrons. The lowest BCUT2D eigenvalue weighted by Gasteiger charge is -2.26. The van der Waals surface area contributed by atoms with E-state index >= 15 is 0 Å². The summed E-state index contributed by atoms with van der Waals surface area (Å²) in [4.78, 5) is 35.7. The maximum atomic E-state index is 12.5. The Balaban J connectivity index is 2.03. The minimum atomic E-state index is -0.601. The average molecular weight is 386 g/mol. The van der Waals surface area contributed by atoms with E-state index in [0.29, 0.717) is 42.8 Å². The Labute approximate surface area is 164 Å². The molecule has 2 aliphatic heterocycles. The molecule has 28 heavy (non-hydrogen) atoms. The van der Waals surface area contributed by atoms with E-state index in [2.05, 4.69) is 6.58 Å². The quantitative estimate of drug-likeness (QED) is 0.445. The first-order valence-corrected chi connectivity index (χ1v) is 9.55. The molecule has 4 atom stereocenters. The van der Waals surface area contributed by atoms with Crippen molar-refractivity contribution in [1.82, 2.24) is 0 Å². The number of carbonyl (C=O) groups is 3. The van der Waals surface area contributed by atoms with E-state index in [-0.39, 0.29) is 18.0 Å². The van der Waals surface area contributed by atoms with Crippen molar-refractivity contribution in [2.75, 3.05) is 0 Å². The van der Waals surface area contributed by atoms with Gasteiger partial charge < -0.3 is 13.9 Å². The summed E-state index contributed by atoms with van der Waals surface area (Å²) in [5.41, 5.74) is 2.36. The van der Waals surface area contributed by atoms with E-state index in [0.717, 1.165) is 17.4 Å². The second-order valence-corrected chi connectivity index (χ2v) is 7.87. The van der Waals surface area contributed by atoms with Gasteiger partial charge in [0.2, 0.25) is 0 Å². The highest BCUT2D eigenvalue weighted by atomic mass is 16.6. The van der Waals surface area contributed by atoms with Crippen LogP contribution < -0.4 is 0 Å². The van der Waals surface area contributed by atoms with E-state index in [1.807, 2.05) is 19.9 Å². The van der Waals surface area contributed by atoms with E-state index in [1.165, 1.54) is 6.92 Å². The molecule has 0 saturated carbocycles. The number of esters is 2. The van der Waals surface area contributed by atoms with E-state index in [4.69, 9.17) is 13.9 Å². The number of carbonyl (C=O) groups excluding carboxylic acids is 3. The minimum Gasteiger partial charge on any atom is -0.462 e. The van der Waals surface area contributed by atoms with Gasteiger partial charge in [-0.3, -0.25) is 14.4 Å². The van der Waals surface area contributed by atoms with Crippen LogP contribution in [-0.2, 0) is 25.5 Å². The van der Waals surface area contributed by atoms with Gasteiger partial charge in [-0.05, 0) is 38.3 Å². The number of hydrogen-bond acceptors (Lipinski definition) is 6. The van der Waals surface area contributed by atoms with Crippen molar-refractivity contribution in [3.63, 3.8) is 0 Å². The first-order valence-electron chi connectivity index (χ1n) is 9.55. The van der Waals surface area contributed by atoms with Crippen LogP contribution in [0.25, 0.3) is 6.08 Å². The normalized spacial score (nSPS) is 29.4. The van der Waals surface area contributed by atoms with Crippen molar-refractivity contribution < 1.29 is 28.3 Å². The van der Waals surface area contributed by atoms with Crippen LogP contribution in [0, 0.1) is 11.8 Å². The van der Waals surface area contributed by atoms with Crippen LogP contribution >= 0.6 is 0 Å². The molecule has 1 fully saturated rings. The lowest BCUT2D eigenvalue weighted by Crippen LogP contribution is -2.32. The van der Waals surface area contributed by atoms with Gasteiger partial charge in [0.15, 0.2) is 6.29 Å². The maximum absolute atomic E-state index is 12.5. The molecular weight excluding hydrogens is 360 g/mol. The highest BCUT2D eigenvalue weighted by molar-refractivity contribution is 5.78. The minimum absolute atomic E-state index is 0.111. The smallest absolute Gasteiger partial charge is 0.313 e. The summed E-state index contributed by atoms with van der Waals surface area (Å²) >= 11 is 0. The summed E-state index contributed by atoms with van der Waals surface area (Å²) < 4.78 is 17.0. The summed E-state index contributed by atoms with van der Waals surface area (Å²) in [5.74, 6) is -0.188. The largest absolute Gasteiger partial charge is 0.462 e. The van der Waals surface area contributed by atoms with Crippen LogP contribution in [0.1, 0.15) is 61.9 Å². The predicted octanol–water partition coefficient (Wildman–Crippen LogP) is 3.89. The molecule has 0 aliphatic carbocycles. The van der Waals surface area contributed by atoms with Gasteiger partial charge in [-0.1, -0.05) is 17.7 Å². The Morgan fingerprint density at radius 2 is 2.04 bits per heavy atom. The third-order valence-corrected chi connectivity index (χ3v) is 5.44. The highest BCUT2D eigenvalue weighted by Crippen LogP contribution is 2.35. The zero-order chi connectivity index (χ0) is 20.4. The molecule has 6 nitrogen and oxygen atoms in total. The second-order valence-electron chi connectivity index (χ2n) is 7.87. The fourth-order valence-corrected chi connectivity index (χ4v) is 4.03. The van der Waals surface area contributed by atoms with E-state index in [9.17, 15) is 14.4 Å². The number of allylic oxidation sites excluding steroid dienone is 1. The van der Waals surface area contributed by atoms with Crippen LogP contribution in [0.15, 0.2) is 28.2 Å². The van der Waals surface area contributed by atoms with Gasteiger partial charge in [0.05, 0.1) is 11.5 Å². The number of aldehydes is 1. The first kappa shape index (κ1) is 20.1. The SMILES string of the molecule is C=C(C)[C@@H]1Cc2oc(cc2C=O)/C=C(\C)C[C@@H]2CC(C(=O)O2)[C@@H](OC(C)=O)C1. The van der Waals surface area contributed by atoms with Gasteiger partial charge >= 0.3 is 11.9 Å². The Morgan fingerprint density at radius 3 is 2.68 bits per heavy atom. The Kier molecular flexibility index (Phi) is 5.87. The first-order chi connectivity index (χ1) is 13.3. The molecule has 1 aromatic heterocycles. The van der Waals surface area contributed by atoms with Gasteiger partial charge in [0, 0.05) is 26.2 Å². The summed E-state index contributed by atoms with van der Waals surface area (Å²) in [5, 5.41) is 0. The van der Waals surface area contributed by atoms with Gasteiger partial charge in [0.1, 0.15) is 23.7 Å². The Morgan fingerprint density at radius 1 is 1.29 bits per heavy atom. The van der Waals surface area contributed by atoms with Crippen molar-refractivity contribution >= 4 is 24.3 Å². The van der Waals surface area contributed by atoms with Crippen molar-refractivity contribution in [2.24, 2.45) is 11.8 Å². The number of fused-ring (bicyclic) bond motifs is 4. The Hall–Kier alpha value is -2.63. The van der Waals surface area contributed by atoms with Gasteiger partial charge in [-0.25, -0.2) is 0 Å². The second kappa shape index (κ2) is 8.17. The molecule has 1 unspecified atom stereocenters. The molecule has 3 rings (SSSR count). The van der Waals surface area contributed by atoms with Crippen molar-refractivity contribution in [2.45, 2.75) is 58.7 Å². The summed E-state index contributed by atoms with van der Waals surface area (Å²) in [6.07, 6.45) is 3.72. The number of rotatable bonds is 3. The van der Waals surface area contributed by atoms with Crippen LogP contribution in [0.2, 0.25) is 0 Å². The molecule has 1 saturated heterocycles. The highest BCUT2D eigenvalue weighted by Gasteiger charge is 2.42. The third kappa shape index (κ3) is 4.43. The maximum Gasteiger partial charge on any atom is 0.313 e. The third-order valence-electron chi connectivity index (χ3n) is 5.44. The lowest BCUT2D eigenvalue weighted by atomic mass is 9.84. The van der Waals surface area contributed by atoms with Gasteiger partial charge in [0.25, 0.3) is 0 Å². The molecule has 2 aliphatic rings. The number of hydrogen-bond donors (Lipinski definition) is 0. The average Bonchev–Trinajstić information content (AvgIpc) is 3.15. The van der Waals surface area contributed by atoms with Crippen molar-refractivity contribution in [3.05, 3.63) is 40.9 Å². The van der Waals surface area contributed by atoms with Crippen LogP contribution in [0.3, 0.4) is 0 Å². The van der Waals surface area contributed by atoms with Crippen LogP contribution in [0.4, 0.5) is 0 Å². The van der Waals surface area contributed by atoms with E-state index < -0.39 is 18.0 Å². The molecule has 150 valence electrons. The lowest BCUT2D eigenvalue weighted by molar-refractivity contribution is -0.156. The Bertz CT molecular complexity index is 830. The topological polar surface area (TPSA) is 82.8 Å². The molecule has 1 aromatic rings. The monoisotopic (exact) mass is 386 g/mol. The molecule has 6 heteroatoms. The molecule has 3 heterocycles. The van der Waals surface area contributed by atoms with E-state index in [1.54, 1.807) is 6.07 Å². The zero-order valence-electron chi connectivity index (χ0n) is 16.5. The summed E-state index contributed by atoms with van der Waals surface area (Å²) in [6, 6.07) is 1.72. The van der Waals surface area contributed by atoms with Crippen LogP contribution in [-0.4, -0.2) is 30.4 Å².